The largest absolute Gasteiger partial charge is 0.417 e. The summed E-state index contributed by atoms with van der Waals surface area (Å²) >= 11 is 0. The molecular formula is C17H18N2O2. The lowest BCUT2D eigenvalue weighted by Gasteiger charge is -2.18. The highest BCUT2D eigenvalue weighted by Gasteiger charge is 2.11. The van der Waals surface area contributed by atoms with Crippen LogP contribution in [0.25, 0.3) is 0 Å². The Balaban J connectivity index is 1.65. The zero-order chi connectivity index (χ0) is 14.7. The lowest BCUT2D eigenvalue weighted by Crippen LogP contribution is -2.17. The van der Waals surface area contributed by atoms with Crippen LogP contribution < -0.4 is 15.4 Å². The summed E-state index contributed by atoms with van der Waals surface area (Å²) < 4.78 is 5.32. The van der Waals surface area contributed by atoms with Gasteiger partial charge in [0, 0.05) is 24.0 Å². The van der Waals surface area contributed by atoms with Crippen molar-refractivity contribution in [3.63, 3.8) is 0 Å². The van der Waals surface area contributed by atoms with Gasteiger partial charge in [0.15, 0.2) is 0 Å². The zero-order valence-corrected chi connectivity index (χ0v) is 12.0. The highest BCUT2D eigenvalue weighted by Crippen LogP contribution is 2.26. The first-order valence-corrected chi connectivity index (χ1v) is 7.13. The molecule has 0 unspecified atom stereocenters. The number of fused-ring (bicyclic) bond motifs is 1. The molecule has 0 radical (unpaired) electrons. The molecule has 2 aromatic rings. The van der Waals surface area contributed by atoms with Crippen LogP contribution in [0, 0.1) is 6.92 Å². The number of ether oxygens (including phenoxy) is 1. The number of nitrogens with one attached hydrogen (secondary N) is 2. The summed E-state index contributed by atoms with van der Waals surface area (Å²) in [4.78, 5) is 11.9. The van der Waals surface area contributed by atoms with Gasteiger partial charge < -0.3 is 10.1 Å². The molecule has 1 aliphatic heterocycles. The minimum atomic E-state index is -0.477. The van der Waals surface area contributed by atoms with Crippen molar-refractivity contribution in [1.82, 2.24) is 0 Å². The monoisotopic (exact) mass is 282 g/mol. The molecule has 0 saturated carbocycles. The Morgan fingerprint density at radius 2 is 2.00 bits per heavy atom. The van der Waals surface area contributed by atoms with Crippen LogP contribution in [-0.2, 0) is 6.42 Å². The van der Waals surface area contributed by atoms with Gasteiger partial charge in [-0.1, -0.05) is 23.8 Å². The van der Waals surface area contributed by atoms with Crippen LogP contribution >= 0.6 is 0 Å². The predicted molar refractivity (Wildman–Crippen MR) is 84.1 cm³/mol. The van der Waals surface area contributed by atoms with Gasteiger partial charge in [-0.2, -0.15) is 0 Å². The fraction of sp³-hybridized carbons (Fsp3) is 0.235. The van der Waals surface area contributed by atoms with Gasteiger partial charge in [0.05, 0.1) is 0 Å². The summed E-state index contributed by atoms with van der Waals surface area (Å²) in [7, 11) is 0. The second kappa shape index (κ2) is 5.87. The number of rotatable bonds is 2. The molecule has 1 heterocycles. The molecule has 108 valence electrons. The fourth-order valence-electron chi connectivity index (χ4n) is 2.39. The molecular weight excluding hydrogens is 264 g/mol. The molecule has 2 N–H and O–H groups in total. The van der Waals surface area contributed by atoms with Gasteiger partial charge in [-0.3, -0.25) is 5.32 Å². The standard InChI is InChI=1S/C17H18N2O2/c1-12-4-7-14(8-5-12)19-17(20)21-15-9-6-13-3-2-10-18-16(13)11-15/h4-9,11,18H,2-3,10H2,1H3,(H,19,20). The van der Waals surface area contributed by atoms with E-state index in [1.165, 1.54) is 5.56 Å². The maximum absolute atomic E-state index is 11.9. The van der Waals surface area contributed by atoms with Crippen molar-refractivity contribution in [2.75, 3.05) is 17.2 Å². The normalized spacial score (nSPS) is 13.0. The topological polar surface area (TPSA) is 50.4 Å². The van der Waals surface area contributed by atoms with Gasteiger partial charge in [0.25, 0.3) is 0 Å². The summed E-state index contributed by atoms with van der Waals surface area (Å²) in [6.07, 6.45) is 1.73. The van der Waals surface area contributed by atoms with Crippen molar-refractivity contribution in [3.05, 3.63) is 53.6 Å². The minimum Gasteiger partial charge on any atom is -0.410 e. The number of benzene rings is 2. The van der Waals surface area contributed by atoms with Crippen LogP contribution in [0.2, 0.25) is 0 Å². The number of hydrogen-bond donors (Lipinski definition) is 2. The van der Waals surface area contributed by atoms with Crippen molar-refractivity contribution in [2.45, 2.75) is 19.8 Å². The Bertz CT molecular complexity index is 650. The van der Waals surface area contributed by atoms with Crippen LogP contribution in [0.3, 0.4) is 0 Å². The minimum absolute atomic E-state index is 0.477. The molecule has 4 nitrogen and oxygen atoms in total. The van der Waals surface area contributed by atoms with Crippen molar-refractivity contribution < 1.29 is 9.53 Å². The van der Waals surface area contributed by atoms with Gasteiger partial charge in [0.1, 0.15) is 5.75 Å². The molecule has 0 saturated heterocycles. The van der Waals surface area contributed by atoms with E-state index in [-0.39, 0.29) is 0 Å². The Hall–Kier alpha value is -2.49. The summed E-state index contributed by atoms with van der Waals surface area (Å²) in [5.41, 5.74) is 4.20. The van der Waals surface area contributed by atoms with E-state index in [1.807, 2.05) is 49.4 Å². The average molecular weight is 282 g/mol. The second-order valence-electron chi connectivity index (χ2n) is 5.23. The average Bonchev–Trinajstić information content (AvgIpc) is 2.49. The maximum Gasteiger partial charge on any atom is 0.417 e. The molecule has 0 bridgehead atoms. The van der Waals surface area contributed by atoms with E-state index in [2.05, 4.69) is 10.6 Å². The van der Waals surface area contributed by atoms with Crippen LogP contribution in [0.15, 0.2) is 42.5 Å². The number of hydrogen-bond acceptors (Lipinski definition) is 3. The van der Waals surface area contributed by atoms with E-state index in [4.69, 9.17) is 4.74 Å². The first-order chi connectivity index (χ1) is 10.2. The van der Waals surface area contributed by atoms with Crippen LogP contribution in [0.1, 0.15) is 17.5 Å². The Kier molecular flexibility index (Phi) is 3.77. The molecule has 1 aliphatic rings. The summed E-state index contributed by atoms with van der Waals surface area (Å²) in [6, 6.07) is 13.3. The molecule has 4 heteroatoms. The SMILES string of the molecule is Cc1ccc(NC(=O)Oc2ccc3c(c2)NCCC3)cc1. The number of amides is 1. The molecule has 1 amide bonds. The van der Waals surface area contributed by atoms with Crippen LogP contribution in [-0.4, -0.2) is 12.6 Å². The Morgan fingerprint density at radius 3 is 2.81 bits per heavy atom. The van der Waals surface area contributed by atoms with Crippen LogP contribution in [0.5, 0.6) is 5.75 Å². The first kappa shape index (κ1) is 13.5. The van der Waals surface area contributed by atoms with Crippen molar-refractivity contribution >= 4 is 17.5 Å². The van der Waals surface area contributed by atoms with Gasteiger partial charge in [-0.05, 0) is 43.5 Å². The van der Waals surface area contributed by atoms with Gasteiger partial charge in [0.2, 0.25) is 0 Å². The van der Waals surface area contributed by atoms with E-state index >= 15 is 0 Å². The number of anilines is 2. The van der Waals surface area contributed by atoms with Crippen molar-refractivity contribution in [2.24, 2.45) is 0 Å². The van der Waals surface area contributed by atoms with Crippen molar-refractivity contribution in [1.29, 1.82) is 0 Å². The quantitative estimate of drug-likeness (QED) is 0.876. The van der Waals surface area contributed by atoms with E-state index in [0.717, 1.165) is 36.3 Å². The fourth-order valence-corrected chi connectivity index (χ4v) is 2.39. The van der Waals surface area contributed by atoms with Crippen LogP contribution in [0.4, 0.5) is 16.2 Å². The van der Waals surface area contributed by atoms with E-state index in [9.17, 15) is 4.79 Å². The Labute approximate surface area is 124 Å². The van der Waals surface area contributed by atoms with Gasteiger partial charge in [-0.25, -0.2) is 4.79 Å². The molecule has 3 rings (SSSR count). The molecule has 0 aromatic heterocycles. The molecule has 0 aliphatic carbocycles. The first-order valence-electron chi connectivity index (χ1n) is 7.13. The second-order valence-corrected chi connectivity index (χ2v) is 5.23. The third-order valence-corrected chi connectivity index (χ3v) is 3.53. The third-order valence-electron chi connectivity index (χ3n) is 3.53. The molecule has 0 atom stereocenters. The number of carbonyl (C=O) groups is 1. The predicted octanol–water partition coefficient (Wildman–Crippen LogP) is 3.96. The molecule has 0 spiro atoms. The number of aryl methyl sites for hydroxylation is 2. The smallest absolute Gasteiger partial charge is 0.410 e. The highest BCUT2D eigenvalue weighted by molar-refractivity contribution is 5.86. The lowest BCUT2D eigenvalue weighted by atomic mass is 10.0. The van der Waals surface area contributed by atoms with Gasteiger partial charge >= 0.3 is 6.09 Å². The van der Waals surface area contributed by atoms with Crippen molar-refractivity contribution in [3.8, 4) is 5.75 Å². The zero-order valence-electron chi connectivity index (χ0n) is 12.0. The number of carbonyl (C=O) groups excluding carboxylic acids is 1. The summed E-state index contributed by atoms with van der Waals surface area (Å²) in [6.45, 7) is 2.97. The molecule has 21 heavy (non-hydrogen) atoms. The van der Waals surface area contributed by atoms with Gasteiger partial charge in [-0.15, -0.1) is 0 Å². The van der Waals surface area contributed by atoms with E-state index in [0.29, 0.717) is 5.75 Å². The molecule has 0 fully saturated rings. The summed E-state index contributed by atoms with van der Waals surface area (Å²) in [5.74, 6) is 0.549. The van der Waals surface area contributed by atoms with E-state index in [1.54, 1.807) is 0 Å². The molecule has 2 aromatic carbocycles. The van der Waals surface area contributed by atoms with E-state index < -0.39 is 6.09 Å². The lowest BCUT2D eigenvalue weighted by molar-refractivity contribution is 0.215. The summed E-state index contributed by atoms with van der Waals surface area (Å²) in [5, 5.41) is 6.04. The highest BCUT2D eigenvalue weighted by atomic mass is 16.6. The Morgan fingerprint density at radius 1 is 1.19 bits per heavy atom. The third kappa shape index (κ3) is 3.34. The maximum atomic E-state index is 11.9.